The van der Waals surface area contributed by atoms with Crippen molar-refractivity contribution in [1.29, 1.82) is 0 Å². The van der Waals surface area contributed by atoms with Gasteiger partial charge in [-0.15, -0.1) is 0 Å². The molecule has 0 spiro atoms. The summed E-state index contributed by atoms with van der Waals surface area (Å²) < 4.78 is 0. The minimum atomic E-state index is -0.240. The topological polar surface area (TPSA) is 83.8 Å². The molecule has 1 heterocycles. The van der Waals surface area contributed by atoms with Crippen LogP contribution in [0.1, 0.15) is 21.6 Å². The summed E-state index contributed by atoms with van der Waals surface area (Å²) in [6.07, 6.45) is 1.48. The Bertz CT molecular complexity index is 697. The monoisotopic (exact) mass is 288 g/mol. The minimum absolute atomic E-state index is 0.240. The molecule has 1 amide bonds. The maximum atomic E-state index is 12.0. The van der Waals surface area contributed by atoms with E-state index in [4.69, 9.17) is 17.3 Å². The predicted octanol–water partition coefficient (Wildman–Crippen LogP) is 1.93. The van der Waals surface area contributed by atoms with E-state index in [0.29, 0.717) is 27.5 Å². The number of hydrogen-bond donors (Lipinski definition) is 3. The Morgan fingerprint density at radius 1 is 1.55 bits per heavy atom. The Balaban J connectivity index is 2.22. The quantitative estimate of drug-likeness (QED) is 0.738. The van der Waals surface area contributed by atoms with Gasteiger partial charge in [0.2, 0.25) is 0 Å². The van der Waals surface area contributed by atoms with Crippen molar-refractivity contribution in [2.75, 3.05) is 11.9 Å². The lowest BCUT2D eigenvalue weighted by Crippen LogP contribution is -2.12. The van der Waals surface area contributed by atoms with Crippen molar-refractivity contribution in [2.24, 2.45) is 5.73 Å². The average molecular weight is 289 g/mol. The smallest absolute Gasteiger partial charge is 0.259 e. The van der Waals surface area contributed by atoms with Gasteiger partial charge < -0.3 is 11.1 Å². The third kappa shape index (κ3) is 3.18. The molecule has 0 aliphatic heterocycles. The van der Waals surface area contributed by atoms with Gasteiger partial charge in [-0.2, -0.15) is 5.10 Å². The van der Waals surface area contributed by atoms with Crippen LogP contribution < -0.4 is 11.1 Å². The highest BCUT2D eigenvalue weighted by Crippen LogP contribution is 2.20. The highest BCUT2D eigenvalue weighted by atomic mass is 35.5. The fourth-order valence-corrected chi connectivity index (χ4v) is 1.79. The largest absolute Gasteiger partial charge is 0.322 e. The van der Waals surface area contributed by atoms with Gasteiger partial charge in [-0.05, 0) is 25.1 Å². The van der Waals surface area contributed by atoms with Gasteiger partial charge in [0.05, 0.1) is 23.3 Å². The van der Waals surface area contributed by atoms with E-state index < -0.39 is 0 Å². The summed E-state index contributed by atoms with van der Waals surface area (Å²) >= 11 is 6.02. The van der Waals surface area contributed by atoms with Gasteiger partial charge in [-0.1, -0.05) is 23.4 Å². The van der Waals surface area contributed by atoms with Gasteiger partial charge >= 0.3 is 0 Å². The fourth-order valence-electron chi connectivity index (χ4n) is 1.62. The molecule has 0 bridgehead atoms. The van der Waals surface area contributed by atoms with Crippen LogP contribution >= 0.6 is 11.6 Å². The molecule has 1 aromatic carbocycles. The molecule has 0 radical (unpaired) electrons. The number of amides is 1. The summed E-state index contributed by atoms with van der Waals surface area (Å²) in [6.45, 7) is 2.03. The van der Waals surface area contributed by atoms with Gasteiger partial charge in [0.25, 0.3) is 5.91 Å². The second-order valence-electron chi connectivity index (χ2n) is 4.06. The summed E-state index contributed by atoms with van der Waals surface area (Å²) in [5.74, 6) is 5.34. The molecule has 2 aromatic rings. The molecule has 0 unspecified atom stereocenters. The summed E-state index contributed by atoms with van der Waals surface area (Å²) in [4.78, 5) is 12.0. The van der Waals surface area contributed by atoms with E-state index >= 15 is 0 Å². The van der Waals surface area contributed by atoms with E-state index in [1.807, 2.05) is 0 Å². The number of carbonyl (C=O) groups excluding carboxylic acids is 1. The van der Waals surface area contributed by atoms with Crippen molar-refractivity contribution in [2.45, 2.75) is 6.92 Å². The van der Waals surface area contributed by atoms with Gasteiger partial charge in [0.15, 0.2) is 0 Å². The minimum Gasteiger partial charge on any atom is -0.322 e. The number of nitrogens with zero attached hydrogens (tertiary/aromatic N) is 1. The number of halogens is 1. The standard InChI is InChI=1S/C14H13ClN4O/c1-9-12(8-17-19-9)14(20)18-11-4-5-13(15)10(7-11)3-2-6-16/h4-5,7-8H,6,16H2,1H3,(H,17,19)(H,18,20). The van der Waals surface area contributed by atoms with Crippen LogP contribution in [-0.4, -0.2) is 22.6 Å². The molecular weight excluding hydrogens is 276 g/mol. The highest BCUT2D eigenvalue weighted by molar-refractivity contribution is 6.31. The lowest BCUT2D eigenvalue weighted by molar-refractivity contribution is 0.102. The first-order valence-corrected chi connectivity index (χ1v) is 6.29. The lowest BCUT2D eigenvalue weighted by atomic mass is 10.2. The molecule has 0 atom stereocenters. The van der Waals surface area contributed by atoms with Crippen LogP contribution in [0.25, 0.3) is 0 Å². The third-order valence-corrected chi connectivity index (χ3v) is 2.95. The maximum Gasteiger partial charge on any atom is 0.259 e. The van der Waals surface area contributed by atoms with Crippen molar-refractivity contribution in [3.8, 4) is 11.8 Å². The Hall–Kier alpha value is -2.29. The number of aryl methyl sites for hydroxylation is 1. The van der Waals surface area contributed by atoms with Gasteiger partial charge in [-0.25, -0.2) is 0 Å². The first kappa shape index (κ1) is 14.1. The average Bonchev–Trinajstić information content (AvgIpc) is 2.85. The number of hydrogen-bond acceptors (Lipinski definition) is 3. The van der Waals surface area contributed by atoms with Crippen LogP contribution in [0, 0.1) is 18.8 Å². The van der Waals surface area contributed by atoms with Gasteiger partial charge in [-0.3, -0.25) is 9.89 Å². The fraction of sp³-hybridized carbons (Fsp3) is 0.143. The van der Waals surface area contributed by atoms with Crippen LogP contribution in [0.15, 0.2) is 24.4 Å². The molecule has 0 saturated carbocycles. The van der Waals surface area contributed by atoms with E-state index in [1.54, 1.807) is 25.1 Å². The Labute approximate surface area is 121 Å². The number of anilines is 1. The molecule has 2 rings (SSSR count). The number of H-pyrrole nitrogens is 1. The molecule has 0 aliphatic carbocycles. The van der Waals surface area contributed by atoms with E-state index in [9.17, 15) is 4.79 Å². The van der Waals surface area contributed by atoms with E-state index in [1.165, 1.54) is 6.20 Å². The molecule has 1 aromatic heterocycles. The van der Waals surface area contributed by atoms with Crippen molar-refractivity contribution < 1.29 is 4.79 Å². The molecule has 102 valence electrons. The summed E-state index contributed by atoms with van der Waals surface area (Å²) in [5.41, 5.74) is 7.77. The molecule has 5 nitrogen and oxygen atoms in total. The Morgan fingerprint density at radius 2 is 2.35 bits per heavy atom. The first-order valence-electron chi connectivity index (χ1n) is 5.91. The second-order valence-corrected chi connectivity index (χ2v) is 4.47. The van der Waals surface area contributed by atoms with Crippen LogP contribution in [-0.2, 0) is 0 Å². The molecule has 0 fully saturated rings. The molecule has 4 N–H and O–H groups in total. The number of nitrogens with one attached hydrogen (secondary N) is 2. The van der Waals surface area contributed by atoms with E-state index in [0.717, 1.165) is 0 Å². The number of aromatic amines is 1. The molecule has 0 aliphatic rings. The van der Waals surface area contributed by atoms with Gasteiger partial charge in [0.1, 0.15) is 0 Å². The van der Waals surface area contributed by atoms with Crippen molar-refractivity contribution in [3.05, 3.63) is 46.2 Å². The number of rotatable bonds is 2. The van der Waals surface area contributed by atoms with Gasteiger partial charge in [0, 0.05) is 16.9 Å². The van der Waals surface area contributed by atoms with Crippen molar-refractivity contribution >= 4 is 23.2 Å². The number of aromatic nitrogens is 2. The highest BCUT2D eigenvalue weighted by Gasteiger charge is 2.11. The lowest BCUT2D eigenvalue weighted by Gasteiger charge is -2.06. The number of nitrogens with two attached hydrogens (primary N) is 1. The van der Waals surface area contributed by atoms with Crippen molar-refractivity contribution in [1.82, 2.24) is 10.2 Å². The molecular formula is C14H13ClN4O. The SMILES string of the molecule is Cc1[nH]ncc1C(=O)Nc1ccc(Cl)c(C#CCN)c1. The Morgan fingerprint density at radius 3 is 3.00 bits per heavy atom. The molecule has 6 heteroatoms. The van der Waals surface area contributed by atoms with Crippen LogP contribution in [0.3, 0.4) is 0 Å². The second kappa shape index (κ2) is 6.24. The first-order chi connectivity index (χ1) is 9.61. The van der Waals surface area contributed by atoms with Crippen LogP contribution in [0.2, 0.25) is 5.02 Å². The number of carbonyl (C=O) groups is 1. The van der Waals surface area contributed by atoms with E-state index in [-0.39, 0.29) is 12.5 Å². The van der Waals surface area contributed by atoms with E-state index in [2.05, 4.69) is 27.4 Å². The van der Waals surface area contributed by atoms with Crippen LogP contribution in [0.5, 0.6) is 0 Å². The zero-order chi connectivity index (χ0) is 14.5. The maximum absolute atomic E-state index is 12.0. The zero-order valence-corrected chi connectivity index (χ0v) is 11.6. The third-order valence-electron chi connectivity index (χ3n) is 2.62. The number of benzene rings is 1. The molecule has 20 heavy (non-hydrogen) atoms. The predicted molar refractivity (Wildman–Crippen MR) is 78.7 cm³/mol. The summed E-state index contributed by atoms with van der Waals surface area (Å²) in [7, 11) is 0. The normalized spacial score (nSPS) is 9.75. The summed E-state index contributed by atoms with van der Waals surface area (Å²) in [6, 6.07) is 5.10. The molecule has 0 saturated heterocycles. The van der Waals surface area contributed by atoms with Crippen molar-refractivity contribution in [3.63, 3.8) is 0 Å². The summed E-state index contributed by atoms with van der Waals surface area (Å²) in [5, 5.41) is 9.82. The van der Waals surface area contributed by atoms with Crippen LogP contribution in [0.4, 0.5) is 5.69 Å². The zero-order valence-electron chi connectivity index (χ0n) is 10.8. The Kier molecular flexibility index (Phi) is 4.41.